The van der Waals surface area contributed by atoms with Gasteiger partial charge in [-0.25, -0.2) is 9.78 Å². The number of carbonyl (C=O) groups excluding carboxylic acids is 2. The number of amides is 3. The minimum atomic E-state index is -0.486. The number of fused-ring (bicyclic) bond motifs is 1. The number of nitrogens with zero attached hydrogens (tertiary/aromatic N) is 2. The number of unbranched alkanes of at least 4 members (excludes halogenated alkanes) is 1. The summed E-state index contributed by atoms with van der Waals surface area (Å²) < 4.78 is 1.76. The lowest BCUT2D eigenvalue weighted by Crippen LogP contribution is -2.40. The second-order valence-corrected chi connectivity index (χ2v) is 8.27. The first-order valence-corrected chi connectivity index (χ1v) is 11.3. The molecule has 29 heavy (non-hydrogen) atoms. The zero-order valence-electron chi connectivity index (χ0n) is 16.8. The lowest BCUT2D eigenvalue weighted by atomic mass is 9.95. The molecule has 2 aromatic rings. The molecule has 0 atom stereocenters. The Bertz CT molecular complexity index is 922. The zero-order valence-corrected chi connectivity index (χ0v) is 17.6. The van der Waals surface area contributed by atoms with E-state index in [1.807, 2.05) is 25.1 Å². The highest BCUT2D eigenvalue weighted by molar-refractivity contribution is 7.99. The van der Waals surface area contributed by atoms with Gasteiger partial charge in [0.2, 0.25) is 5.91 Å². The van der Waals surface area contributed by atoms with E-state index in [4.69, 9.17) is 0 Å². The van der Waals surface area contributed by atoms with Crippen molar-refractivity contribution >= 4 is 34.6 Å². The molecule has 1 saturated carbocycles. The minimum absolute atomic E-state index is 0.0265. The molecular formula is C21H28N4O3S. The molecule has 8 heteroatoms. The molecular weight excluding hydrogens is 388 g/mol. The van der Waals surface area contributed by atoms with Crippen LogP contribution in [-0.2, 0) is 4.79 Å². The molecule has 0 aliphatic heterocycles. The summed E-state index contributed by atoms with van der Waals surface area (Å²) in [4.78, 5) is 41.8. The smallest absolute Gasteiger partial charge is 0.321 e. The number of nitrogens with one attached hydrogen (secondary N) is 2. The Hall–Kier alpha value is -2.35. The van der Waals surface area contributed by atoms with Crippen LogP contribution in [-0.4, -0.2) is 33.8 Å². The molecule has 3 amide bonds. The summed E-state index contributed by atoms with van der Waals surface area (Å²) in [5.74, 6) is -0.375. The van der Waals surface area contributed by atoms with Crippen molar-refractivity contribution in [2.45, 2.75) is 63.1 Å². The van der Waals surface area contributed by atoms with Crippen molar-refractivity contribution in [1.82, 2.24) is 20.2 Å². The quantitative estimate of drug-likeness (QED) is 0.408. The van der Waals surface area contributed by atoms with E-state index < -0.39 is 11.9 Å². The van der Waals surface area contributed by atoms with Crippen LogP contribution in [0.5, 0.6) is 0 Å². The van der Waals surface area contributed by atoms with Gasteiger partial charge >= 0.3 is 6.03 Å². The first-order valence-electron chi connectivity index (χ1n) is 10.3. The van der Waals surface area contributed by atoms with Gasteiger partial charge in [-0.15, -0.1) is 0 Å². The summed E-state index contributed by atoms with van der Waals surface area (Å²) in [7, 11) is 0. The van der Waals surface area contributed by atoms with Gasteiger partial charge in [0.25, 0.3) is 5.56 Å². The monoisotopic (exact) mass is 416 g/mol. The largest absolute Gasteiger partial charge is 0.338 e. The van der Waals surface area contributed by atoms with E-state index in [2.05, 4.69) is 15.6 Å². The molecule has 2 N–H and O–H groups in total. The molecule has 156 valence electrons. The third-order valence-corrected chi connectivity index (χ3v) is 6.07. The SMILES string of the molecule is CCCCNC(=O)NC(=O)CSc1nc2ccccc2c(=O)n1C1CCCCC1. The molecule has 0 radical (unpaired) electrons. The standard InChI is InChI=1S/C21H28N4O3S/c1-2-3-13-22-20(28)24-18(26)14-29-21-23-17-12-8-7-11-16(17)19(27)25(21)15-9-5-4-6-10-15/h7-8,11-12,15H,2-6,9-10,13-14H2,1H3,(H2,22,24,26,28). The fraction of sp³-hybridized carbons (Fsp3) is 0.524. The summed E-state index contributed by atoms with van der Waals surface area (Å²) in [5, 5.41) is 6.14. The highest BCUT2D eigenvalue weighted by Gasteiger charge is 2.22. The number of urea groups is 1. The Kier molecular flexibility index (Phi) is 7.69. The number of imide groups is 1. The maximum absolute atomic E-state index is 13.2. The molecule has 1 aromatic carbocycles. The predicted octanol–water partition coefficient (Wildman–Crippen LogP) is 3.62. The normalized spacial score (nSPS) is 14.7. The number of benzene rings is 1. The van der Waals surface area contributed by atoms with Gasteiger partial charge in [-0.3, -0.25) is 19.5 Å². The van der Waals surface area contributed by atoms with Gasteiger partial charge < -0.3 is 5.32 Å². The topological polar surface area (TPSA) is 93.1 Å². The van der Waals surface area contributed by atoms with Gasteiger partial charge in [0.15, 0.2) is 5.16 Å². The average Bonchev–Trinajstić information content (AvgIpc) is 2.73. The van der Waals surface area contributed by atoms with Gasteiger partial charge in [0, 0.05) is 12.6 Å². The first-order chi connectivity index (χ1) is 14.1. The maximum Gasteiger partial charge on any atom is 0.321 e. The van der Waals surface area contributed by atoms with E-state index in [-0.39, 0.29) is 17.4 Å². The van der Waals surface area contributed by atoms with E-state index in [1.165, 1.54) is 18.2 Å². The number of aromatic nitrogens is 2. The Balaban J connectivity index is 1.76. The van der Waals surface area contributed by atoms with Crippen molar-refractivity contribution in [3.8, 4) is 0 Å². The van der Waals surface area contributed by atoms with Crippen molar-refractivity contribution in [2.75, 3.05) is 12.3 Å². The molecule has 1 aliphatic carbocycles. The number of hydrogen-bond acceptors (Lipinski definition) is 5. The number of hydrogen-bond donors (Lipinski definition) is 2. The second kappa shape index (κ2) is 10.4. The summed E-state index contributed by atoms with van der Waals surface area (Å²) in [6.45, 7) is 2.57. The number of rotatable bonds is 7. The van der Waals surface area contributed by atoms with Crippen LogP contribution in [0, 0.1) is 0 Å². The van der Waals surface area contributed by atoms with E-state index in [0.29, 0.717) is 22.6 Å². The molecule has 1 aliphatic rings. The third kappa shape index (κ3) is 5.59. The highest BCUT2D eigenvalue weighted by Crippen LogP contribution is 2.30. The van der Waals surface area contributed by atoms with Gasteiger partial charge in [-0.05, 0) is 31.4 Å². The van der Waals surface area contributed by atoms with Gasteiger partial charge in [-0.1, -0.05) is 56.5 Å². The van der Waals surface area contributed by atoms with E-state index >= 15 is 0 Å². The van der Waals surface area contributed by atoms with Crippen molar-refractivity contribution in [1.29, 1.82) is 0 Å². The van der Waals surface area contributed by atoms with Crippen LogP contribution < -0.4 is 16.2 Å². The van der Waals surface area contributed by atoms with Crippen LogP contribution in [0.4, 0.5) is 4.79 Å². The fourth-order valence-electron chi connectivity index (χ4n) is 3.60. The van der Waals surface area contributed by atoms with Crippen molar-refractivity contribution in [3.05, 3.63) is 34.6 Å². The molecule has 0 unspecified atom stereocenters. The molecule has 1 heterocycles. The first kappa shape index (κ1) is 21.4. The molecule has 0 saturated heterocycles. The van der Waals surface area contributed by atoms with Gasteiger partial charge in [0.1, 0.15) is 0 Å². The van der Waals surface area contributed by atoms with Gasteiger partial charge in [-0.2, -0.15) is 0 Å². The Labute approximate surface area is 174 Å². The molecule has 7 nitrogen and oxygen atoms in total. The lowest BCUT2D eigenvalue weighted by Gasteiger charge is -2.26. The highest BCUT2D eigenvalue weighted by atomic mass is 32.2. The van der Waals surface area contributed by atoms with Crippen LogP contribution in [0.25, 0.3) is 10.9 Å². The van der Waals surface area contributed by atoms with Crippen molar-refractivity contribution in [2.24, 2.45) is 0 Å². The van der Waals surface area contributed by atoms with E-state index in [1.54, 1.807) is 10.6 Å². The Morgan fingerprint density at radius 2 is 1.97 bits per heavy atom. The lowest BCUT2D eigenvalue weighted by molar-refractivity contribution is -0.117. The van der Waals surface area contributed by atoms with Crippen LogP contribution in [0.2, 0.25) is 0 Å². The van der Waals surface area contributed by atoms with Crippen LogP contribution in [0.15, 0.2) is 34.2 Å². The molecule has 3 rings (SSSR count). The van der Waals surface area contributed by atoms with E-state index in [9.17, 15) is 14.4 Å². The predicted molar refractivity (Wildman–Crippen MR) is 115 cm³/mol. The second-order valence-electron chi connectivity index (χ2n) is 7.32. The van der Waals surface area contributed by atoms with Crippen LogP contribution in [0.1, 0.15) is 57.9 Å². The zero-order chi connectivity index (χ0) is 20.6. The van der Waals surface area contributed by atoms with Crippen LogP contribution in [0.3, 0.4) is 0 Å². The van der Waals surface area contributed by atoms with Crippen molar-refractivity contribution in [3.63, 3.8) is 0 Å². The summed E-state index contributed by atoms with van der Waals surface area (Å²) in [5.41, 5.74) is 0.576. The minimum Gasteiger partial charge on any atom is -0.338 e. The maximum atomic E-state index is 13.2. The summed E-state index contributed by atoms with van der Waals surface area (Å²) >= 11 is 1.21. The molecule has 1 aromatic heterocycles. The van der Waals surface area contributed by atoms with Gasteiger partial charge in [0.05, 0.1) is 16.7 Å². The number of para-hydroxylation sites is 1. The Morgan fingerprint density at radius 3 is 2.72 bits per heavy atom. The number of thioether (sulfide) groups is 1. The van der Waals surface area contributed by atoms with Crippen LogP contribution >= 0.6 is 11.8 Å². The number of carbonyl (C=O) groups is 2. The Morgan fingerprint density at radius 1 is 1.21 bits per heavy atom. The summed E-state index contributed by atoms with van der Waals surface area (Å²) in [6.07, 6.45) is 7.09. The summed E-state index contributed by atoms with van der Waals surface area (Å²) in [6, 6.07) is 6.92. The molecule has 0 bridgehead atoms. The average molecular weight is 417 g/mol. The fourth-order valence-corrected chi connectivity index (χ4v) is 4.47. The van der Waals surface area contributed by atoms with E-state index in [0.717, 1.165) is 38.5 Å². The van der Waals surface area contributed by atoms with Crippen molar-refractivity contribution < 1.29 is 9.59 Å². The molecule has 1 fully saturated rings. The third-order valence-electron chi connectivity index (χ3n) is 5.12. The molecule has 0 spiro atoms.